The molecule has 0 bridgehead atoms. The van der Waals surface area contributed by atoms with E-state index in [-0.39, 0.29) is 36.1 Å². The topological polar surface area (TPSA) is 126 Å². The molecule has 0 spiro atoms. The third kappa shape index (κ3) is 9.56. The molecular formula is C19H28N4O5. The molecule has 9 nitrogen and oxygen atoms in total. The van der Waals surface area contributed by atoms with E-state index in [0.717, 1.165) is 5.56 Å². The van der Waals surface area contributed by atoms with Gasteiger partial charge in [-0.25, -0.2) is 9.59 Å². The van der Waals surface area contributed by atoms with Gasteiger partial charge in [0, 0.05) is 18.6 Å². The van der Waals surface area contributed by atoms with Crippen molar-refractivity contribution < 1.29 is 23.9 Å². The first-order chi connectivity index (χ1) is 13.2. The Bertz CT molecular complexity index is 686. The van der Waals surface area contributed by atoms with Crippen LogP contribution in [0.1, 0.15) is 43.6 Å². The number of nitrogens with one attached hydrogen (secondary N) is 4. The van der Waals surface area contributed by atoms with E-state index in [2.05, 4.69) is 21.3 Å². The van der Waals surface area contributed by atoms with E-state index in [1.165, 1.54) is 0 Å². The van der Waals surface area contributed by atoms with E-state index < -0.39 is 18.5 Å². The number of esters is 1. The number of ether oxygens (including phenoxy) is 1. The molecule has 0 saturated heterocycles. The van der Waals surface area contributed by atoms with Crippen molar-refractivity contribution in [3.63, 3.8) is 0 Å². The maximum absolute atomic E-state index is 12.0. The highest BCUT2D eigenvalue weighted by atomic mass is 16.5. The van der Waals surface area contributed by atoms with Crippen LogP contribution in [0.5, 0.6) is 0 Å². The SMILES string of the molecule is CC(C)NC(=O)CNC(=O)COC(=O)c1ccc(CNC(=O)NC(C)C)cc1. The zero-order valence-electron chi connectivity index (χ0n) is 16.6. The Kier molecular flexibility index (Phi) is 9.49. The van der Waals surface area contributed by atoms with Crippen LogP contribution < -0.4 is 21.3 Å². The van der Waals surface area contributed by atoms with Crippen molar-refractivity contribution in [2.75, 3.05) is 13.2 Å². The molecule has 0 aliphatic heterocycles. The minimum absolute atomic E-state index is 0.0232. The summed E-state index contributed by atoms with van der Waals surface area (Å²) in [5.41, 5.74) is 1.09. The first kappa shape index (κ1) is 22.9. The van der Waals surface area contributed by atoms with Crippen LogP contribution in [0.2, 0.25) is 0 Å². The van der Waals surface area contributed by atoms with Crippen molar-refractivity contribution in [3.05, 3.63) is 35.4 Å². The Morgan fingerprint density at radius 2 is 1.46 bits per heavy atom. The quantitative estimate of drug-likeness (QED) is 0.460. The number of rotatable bonds is 9. The van der Waals surface area contributed by atoms with E-state index in [9.17, 15) is 19.2 Å². The second-order valence-electron chi connectivity index (χ2n) is 6.75. The number of urea groups is 1. The summed E-state index contributed by atoms with van der Waals surface area (Å²) < 4.78 is 4.92. The smallest absolute Gasteiger partial charge is 0.338 e. The number of benzene rings is 1. The van der Waals surface area contributed by atoms with Gasteiger partial charge in [-0.05, 0) is 45.4 Å². The first-order valence-electron chi connectivity index (χ1n) is 9.04. The standard InChI is InChI=1S/C19H28N4O5/c1-12(2)22-16(24)10-20-17(25)11-28-18(26)15-7-5-14(6-8-15)9-21-19(27)23-13(3)4/h5-8,12-13H,9-11H2,1-4H3,(H,20,25)(H,22,24)(H2,21,23,27). The van der Waals surface area contributed by atoms with Crippen molar-refractivity contribution >= 4 is 23.8 Å². The van der Waals surface area contributed by atoms with Crippen molar-refractivity contribution in [2.24, 2.45) is 0 Å². The summed E-state index contributed by atoms with van der Waals surface area (Å²) in [5, 5.41) is 10.4. The second-order valence-corrected chi connectivity index (χ2v) is 6.75. The lowest BCUT2D eigenvalue weighted by Gasteiger charge is -2.11. The molecule has 154 valence electrons. The maximum Gasteiger partial charge on any atom is 0.338 e. The minimum Gasteiger partial charge on any atom is -0.452 e. The lowest BCUT2D eigenvalue weighted by molar-refractivity contribution is -0.128. The Labute approximate surface area is 164 Å². The number of carbonyl (C=O) groups is 4. The summed E-state index contributed by atoms with van der Waals surface area (Å²) >= 11 is 0. The Hall–Kier alpha value is -3.10. The molecule has 9 heteroatoms. The second kappa shape index (κ2) is 11.6. The molecule has 4 N–H and O–H groups in total. The van der Waals surface area contributed by atoms with Crippen LogP contribution in [0.25, 0.3) is 0 Å². The lowest BCUT2D eigenvalue weighted by Crippen LogP contribution is -2.41. The van der Waals surface area contributed by atoms with E-state index in [1.807, 2.05) is 27.7 Å². The van der Waals surface area contributed by atoms with Gasteiger partial charge in [-0.1, -0.05) is 12.1 Å². The van der Waals surface area contributed by atoms with E-state index in [0.29, 0.717) is 6.54 Å². The average Bonchev–Trinajstić information content (AvgIpc) is 2.62. The van der Waals surface area contributed by atoms with Gasteiger partial charge in [0.2, 0.25) is 5.91 Å². The fraction of sp³-hybridized carbons (Fsp3) is 0.474. The monoisotopic (exact) mass is 392 g/mol. The molecule has 0 aliphatic rings. The van der Waals surface area contributed by atoms with Crippen LogP contribution in [0.15, 0.2) is 24.3 Å². The fourth-order valence-corrected chi connectivity index (χ4v) is 2.07. The predicted molar refractivity (Wildman–Crippen MR) is 104 cm³/mol. The van der Waals surface area contributed by atoms with Crippen molar-refractivity contribution in [1.29, 1.82) is 0 Å². The molecule has 4 amide bonds. The van der Waals surface area contributed by atoms with E-state index >= 15 is 0 Å². The number of carbonyl (C=O) groups excluding carboxylic acids is 4. The molecular weight excluding hydrogens is 364 g/mol. The van der Waals surface area contributed by atoms with Gasteiger partial charge in [-0.3, -0.25) is 9.59 Å². The summed E-state index contributed by atoms with van der Waals surface area (Å²) in [4.78, 5) is 46.6. The summed E-state index contributed by atoms with van der Waals surface area (Å²) in [5.74, 6) is -1.54. The highest BCUT2D eigenvalue weighted by Crippen LogP contribution is 2.06. The molecule has 0 aromatic heterocycles. The zero-order valence-corrected chi connectivity index (χ0v) is 16.6. The van der Waals surface area contributed by atoms with Gasteiger partial charge in [-0.2, -0.15) is 0 Å². The fourth-order valence-electron chi connectivity index (χ4n) is 2.07. The number of amides is 4. The summed E-state index contributed by atoms with van der Waals surface area (Å²) in [6.45, 7) is 7.00. The Morgan fingerprint density at radius 1 is 0.857 bits per heavy atom. The van der Waals surface area contributed by atoms with Crippen molar-refractivity contribution in [1.82, 2.24) is 21.3 Å². The summed E-state index contributed by atoms with van der Waals surface area (Å²) in [6.07, 6.45) is 0. The first-order valence-corrected chi connectivity index (χ1v) is 9.04. The van der Waals surface area contributed by atoms with E-state index in [1.54, 1.807) is 24.3 Å². The maximum atomic E-state index is 12.0. The lowest BCUT2D eigenvalue weighted by atomic mass is 10.1. The predicted octanol–water partition coefficient (Wildman–Crippen LogP) is 0.692. The van der Waals surface area contributed by atoms with Crippen LogP contribution in [-0.4, -0.2) is 49.1 Å². The molecule has 1 aromatic rings. The normalized spacial score (nSPS) is 10.4. The number of hydrogen-bond donors (Lipinski definition) is 4. The number of hydrogen-bond acceptors (Lipinski definition) is 5. The van der Waals surface area contributed by atoms with Crippen LogP contribution in [-0.2, 0) is 20.9 Å². The van der Waals surface area contributed by atoms with Gasteiger partial charge in [-0.15, -0.1) is 0 Å². The third-order valence-electron chi connectivity index (χ3n) is 3.29. The summed E-state index contributed by atoms with van der Waals surface area (Å²) in [6, 6.07) is 6.21. The van der Waals surface area contributed by atoms with Crippen LogP contribution >= 0.6 is 0 Å². The molecule has 0 saturated carbocycles. The zero-order chi connectivity index (χ0) is 21.1. The summed E-state index contributed by atoms with van der Waals surface area (Å²) in [7, 11) is 0. The van der Waals surface area contributed by atoms with Crippen molar-refractivity contribution in [2.45, 2.75) is 46.3 Å². The molecule has 0 fully saturated rings. The van der Waals surface area contributed by atoms with Crippen LogP contribution in [0, 0.1) is 0 Å². The molecule has 0 atom stereocenters. The van der Waals surface area contributed by atoms with Crippen LogP contribution in [0.3, 0.4) is 0 Å². The molecule has 1 rings (SSSR count). The van der Waals surface area contributed by atoms with Gasteiger partial charge >= 0.3 is 12.0 Å². The van der Waals surface area contributed by atoms with Gasteiger partial charge < -0.3 is 26.0 Å². The molecule has 1 aromatic carbocycles. The molecule has 0 radical (unpaired) electrons. The molecule has 28 heavy (non-hydrogen) atoms. The largest absolute Gasteiger partial charge is 0.452 e. The third-order valence-corrected chi connectivity index (χ3v) is 3.29. The average molecular weight is 392 g/mol. The molecule has 0 aliphatic carbocycles. The molecule has 0 unspecified atom stereocenters. The minimum atomic E-state index is -0.654. The highest BCUT2D eigenvalue weighted by Gasteiger charge is 2.12. The van der Waals surface area contributed by atoms with Gasteiger partial charge in [0.1, 0.15) is 0 Å². The van der Waals surface area contributed by atoms with Gasteiger partial charge in [0.15, 0.2) is 6.61 Å². The van der Waals surface area contributed by atoms with Gasteiger partial charge in [0.05, 0.1) is 12.1 Å². The Balaban J connectivity index is 2.37. The van der Waals surface area contributed by atoms with Gasteiger partial charge in [0.25, 0.3) is 5.91 Å². The highest BCUT2D eigenvalue weighted by molar-refractivity contribution is 5.92. The van der Waals surface area contributed by atoms with E-state index in [4.69, 9.17) is 4.74 Å². The van der Waals surface area contributed by atoms with Crippen molar-refractivity contribution in [3.8, 4) is 0 Å². The molecule has 0 heterocycles. The van der Waals surface area contributed by atoms with Crippen LogP contribution in [0.4, 0.5) is 4.79 Å². The Morgan fingerprint density at radius 3 is 2.04 bits per heavy atom.